The fourth-order valence-electron chi connectivity index (χ4n) is 2.59. The van der Waals surface area contributed by atoms with Crippen LogP contribution in [-0.2, 0) is 0 Å². The number of hydrogen-bond donors (Lipinski definition) is 1. The highest BCUT2D eigenvalue weighted by Crippen LogP contribution is 2.40. The molecule has 0 saturated carbocycles. The molecule has 2 aromatic rings. The van der Waals surface area contributed by atoms with E-state index in [1.54, 1.807) is 0 Å². The Bertz CT molecular complexity index is 645. The van der Waals surface area contributed by atoms with E-state index in [4.69, 9.17) is 11.6 Å². The summed E-state index contributed by atoms with van der Waals surface area (Å²) in [6, 6.07) is 8.46. The van der Waals surface area contributed by atoms with Crippen LogP contribution < -0.4 is 10.2 Å². The fourth-order valence-corrected chi connectivity index (χ4v) is 3.88. The fraction of sp³-hybridized carbons (Fsp3) is 0.312. The van der Waals surface area contributed by atoms with Gasteiger partial charge in [0.05, 0.1) is 23.6 Å². The molecule has 0 spiro atoms. The Morgan fingerprint density at radius 2 is 2.19 bits per heavy atom. The second-order valence-corrected chi connectivity index (χ2v) is 6.88. The van der Waals surface area contributed by atoms with Crippen molar-refractivity contribution in [1.29, 1.82) is 0 Å². The number of rotatable bonds is 3. The van der Waals surface area contributed by atoms with E-state index in [9.17, 15) is 0 Å². The molecule has 0 saturated heterocycles. The lowest BCUT2D eigenvalue weighted by Crippen LogP contribution is -2.19. The summed E-state index contributed by atoms with van der Waals surface area (Å²) in [5.74, 6) is 1.11. The first-order valence-corrected chi connectivity index (χ1v) is 8.31. The molecule has 0 fully saturated rings. The smallest absolute Gasteiger partial charge is 0.0769 e. The van der Waals surface area contributed by atoms with Gasteiger partial charge in [0.2, 0.25) is 0 Å². The Kier molecular flexibility index (Phi) is 4.27. The Morgan fingerprint density at radius 1 is 1.33 bits per heavy atom. The van der Waals surface area contributed by atoms with Gasteiger partial charge < -0.3 is 10.2 Å². The molecule has 0 radical (unpaired) electrons. The normalized spacial score (nSPS) is 17.2. The minimum Gasteiger partial charge on any atom is -0.376 e. The van der Waals surface area contributed by atoms with Crippen molar-refractivity contribution in [2.75, 3.05) is 30.1 Å². The van der Waals surface area contributed by atoms with E-state index < -0.39 is 0 Å². The maximum atomic E-state index is 6.17. The summed E-state index contributed by atoms with van der Waals surface area (Å²) in [5.41, 5.74) is 3.49. The molecular formula is C16H18ClN3S. The third-order valence-electron chi connectivity index (χ3n) is 3.62. The molecule has 1 aromatic heterocycles. The average molecular weight is 320 g/mol. The molecule has 110 valence electrons. The van der Waals surface area contributed by atoms with Crippen LogP contribution in [0.3, 0.4) is 0 Å². The number of benzene rings is 1. The molecule has 21 heavy (non-hydrogen) atoms. The predicted molar refractivity (Wildman–Crippen MR) is 91.7 cm³/mol. The maximum absolute atomic E-state index is 6.17. The Morgan fingerprint density at radius 3 is 3.00 bits per heavy atom. The molecular weight excluding hydrogens is 302 g/mol. The van der Waals surface area contributed by atoms with Gasteiger partial charge in [0, 0.05) is 36.0 Å². The number of nitrogens with one attached hydrogen (secondary N) is 1. The summed E-state index contributed by atoms with van der Waals surface area (Å²) in [7, 11) is 4.09. The zero-order chi connectivity index (χ0) is 14.8. The summed E-state index contributed by atoms with van der Waals surface area (Å²) in [4.78, 5) is 7.66. The molecule has 1 aliphatic rings. The Labute approximate surface area is 134 Å². The third kappa shape index (κ3) is 3.11. The van der Waals surface area contributed by atoms with Crippen LogP contribution >= 0.6 is 23.4 Å². The molecule has 1 N–H and O–H groups in total. The monoisotopic (exact) mass is 319 g/mol. The second-order valence-electron chi connectivity index (χ2n) is 5.30. The van der Waals surface area contributed by atoms with E-state index in [1.165, 1.54) is 10.5 Å². The zero-order valence-electron chi connectivity index (χ0n) is 12.1. The molecule has 1 unspecified atom stereocenters. The lowest BCUT2D eigenvalue weighted by molar-refractivity contribution is 0.727. The van der Waals surface area contributed by atoms with Crippen LogP contribution in [0.25, 0.3) is 0 Å². The number of fused-ring (bicyclic) bond motifs is 1. The number of anilines is 2. The first-order chi connectivity index (χ1) is 10.1. The van der Waals surface area contributed by atoms with E-state index in [1.807, 2.05) is 50.4 Å². The van der Waals surface area contributed by atoms with Gasteiger partial charge in [-0.25, -0.2) is 0 Å². The van der Waals surface area contributed by atoms with E-state index in [2.05, 4.69) is 27.3 Å². The molecule has 1 aromatic carbocycles. The predicted octanol–water partition coefficient (Wildman–Crippen LogP) is 4.45. The molecule has 0 amide bonds. The van der Waals surface area contributed by atoms with Crippen LogP contribution in [0.15, 0.2) is 41.6 Å². The molecule has 3 rings (SSSR count). The summed E-state index contributed by atoms with van der Waals surface area (Å²) in [5, 5.41) is 4.43. The van der Waals surface area contributed by atoms with Crippen LogP contribution in [0, 0.1) is 0 Å². The summed E-state index contributed by atoms with van der Waals surface area (Å²) >= 11 is 8.07. The number of nitrogens with zero attached hydrogens (tertiary/aromatic N) is 2. The first-order valence-electron chi connectivity index (χ1n) is 6.95. The number of thioether (sulfide) groups is 1. The largest absolute Gasteiger partial charge is 0.376 e. The first kappa shape index (κ1) is 14.5. The van der Waals surface area contributed by atoms with Crippen molar-refractivity contribution < 1.29 is 0 Å². The standard InChI is InChI=1S/C16H18ClN3S/c1-20(2)15-5-7-18-10-14(15)19-13-6-8-21-16-4-3-11(17)9-12(13)16/h3-5,7,9-10,13,19H,6,8H2,1-2H3. The van der Waals surface area contributed by atoms with Gasteiger partial charge in [-0.2, -0.15) is 0 Å². The van der Waals surface area contributed by atoms with Gasteiger partial charge in [-0.05, 0) is 36.2 Å². The van der Waals surface area contributed by atoms with Crippen LogP contribution in [-0.4, -0.2) is 24.8 Å². The van der Waals surface area contributed by atoms with Gasteiger partial charge in [0.25, 0.3) is 0 Å². The third-order valence-corrected chi connectivity index (χ3v) is 4.98. The topological polar surface area (TPSA) is 28.2 Å². The van der Waals surface area contributed by atoms with Gasteiger partial charge >= 0.3 is 0 Å². The highest BCUT2D eigenvalue weighted by atomic mass is 35.5. The molecule has 5 heteroatoms. The van der Waals surface area contributed by atoms with E-state index in [0.717, 1.165) is 28.6 Å². The number of pyridine rings is 1. The summed E-state index contributed by atoms with van der Waals surface area (Å²) < 4.78 is 0. The average Bonchev–Trinajstić information content (AvgIpc) is 2.48. The van der Waals surface area contributed by atoms with Crippen LogP contribution in [0.2, 0.25) is 5.02 Å². The van der Waals surface area contributed by atoms with Crippen molar-refractivity contribution in [1.82, 2.24) is 4.98 Å². The molecule has 1 atom stereocenters. The molecule has 3 nitrogen and oxygen atoms in total. The van der Waals surface area contributed by atoms with Crippen LogP contribution in [0.5, 0.6) is 0 Å². The van der Waals surface area contributed by atoms with Gasteiger partial charge in [-0.3, -0.25) is 4.98 Å². The minimum absolute atomic E-state index is 0.280. The quantitative estimate of drug-likeness (QED) is 0.904. The van der Waals surface area contributed by atoms with Gasteiger partial charge in [0.15, 0.2) is 0 Å². The number of halogens is 1. The number of aromatic nitrogens is 1. The van der Waals surface area contributed by atoms with Crippen molar-refractivity contribution >= 4 is 34.7 Å². The highest BCUT2D eigenvalue weighted by Gasteiger charge is 2.22. The maximum Gasteiger partial charge on any atom is 0.0769 e. The molecule has 2 heterocycles. The molecule has 0 bridgehead atoms. The summed E-state index contributed by atoms with van der Waals surface area (Å²) in [6.07, 6.45) is 4.79. The van der Waals surface area contributed by atoms with Crippen molar-refractivity contribution in [3.05, 3.63) is 47.2 Å². The number of hydrogen-bond acceptors (Lipinski definition) is 4. The second kappa shape index (κ2) is 6.16. The minimum atomic E-state index is 0.280. The zero-order valence-corrected chi connectivity index (χ0v) is 13.7. The van der Waals surface area contributed by atoms with Crippen molar-refractivity contribution in [3.63, 3.8) is 0 Å². The Hall–Kier alpha value is -1.39. The van der Waals surface area contributed by atoms with E-state index >= 15 is 0 Å². The molecule has 0 aliphatic carbocycles. The Balaban J connectivity index is 1.92. The SMILES string of the molecule is CN(C)c1ccncc1NC1CCSc2ccc(Cl)cc21. The summed E-state index contributed by atoms with van der Waals surface area (Å²) in [6.45, 7) is 0. The van der Waals surface area contributed by atoms with Crippen molar-refractivity contribution in [2.24, 2.45) is 0 Å². The highest BCUT2D eigenvalue weighted by molar-refractivity contribution is 7.99. The van der Waals surface area contributed by atoms with Crippen LogP contribution in [0.4, 0.5) is 11.4 Å². The van der Waals surface area contributed by atoms with Crippen molar-refractivity contribution in [2.45, 2.75) is 17.4 Å². The molecule has 1 aliphatic heterocycles. The van der Waals surface area contributed by atoms with E-state index in [-0.39, 0.29) is 6.04 Å². The van der Waals surface area contributed by atoms with Gasteiger partial charge in [-0.1, -0.05) is 11.6 Å². The van der Waals surface area contributed by atoms with Gasteiger partial charge in [0.1, 0.15) is 0 Å². The lowest BCUT2D eigenvalue weighted by Gasteiger charge is -2.28. The van der Waals surface area contributed by atoms with Crippen molar-refractivity contribution in [3.8, 4) is 0 Å². The van der Waals surface area contributed by atoms with Crippen LogP contribution in [0.1, 0.15) is 18.0 Å². The van der Waals surface area contributed by atoms with Gasteiger partial charge in [-0.15, -0.1) is 11.8 Å². The van der Waals surface area contributed by atoms with E-state index in [0.29, 0.717) is 0 Å². The lowest BCUT2D eigenvalue weighted by atomic mass is 10.0.